The van der Waals surface area contributed by atoms with E-state index in [9.17, 15) is 0 Å². The number of benzene rings is 1. The predicted octanol–water partition coefficient (Wildman–Crippen LogP) is 2.32. The Morgan fingerprint density at radius 1 is 1.39 bits per heavy atom. The minimum absolute atomic E-state index is 0.538. The molecule has 0 amide bonds. The fourth-order valence-corrected chi connectivity index (χ4v) is 2.18. The molecule has 0 aliphatic heterocycles. The van der Waals surface area contributed by atoms with Crippen LogP contribution < -0.4 is 5.73 Å². The molecule has 0 unspecified atom stereocenters. The number of thiocarbonyl (C=S) groups is 1. The molecule has 1 saturated carbocycles. The maximum atomic E-state index is 8.10. The lowest BCUT2D eigenvalue weighted by atomic mass is 10.1. The molecular formula is C14H19N3S. The summed E-state index contributed by atoms with van der Waals surface area (Å²) in [5, 5.41) is 8.10. The van der Waals surface area contributed by atoms with Gasteiger partial charge in [-0.1, -0.05) is 36.5 Å². The van der Waals surface area contributed by atoms with Gasteiger partial charge in [-0.2, -0.15) is 0 Å². The highest BCUT2D eigenvalue weighted by atomic mass is 32.1. The van der Waals surface area contributed by atoms with Crippen molar-refractivity contribution in [2.24, 2.45) is 5.73 Å². The highest BCUT2D eigenvalue weighted by Crippen LogP contribution is 2.26. The predicted molar refractivity (Wildman–Crippen MR) is 79.2 cm³/mol. The average molecular weight is 261 g/mol. The molecule has 4 heteroatoms. The van der Waals surface area contributed by atoms with E-state index in [1.165, 1.54) is 12.8 Å². The first-order chi connectivity index (χ1) is 8.61. The lowest BCUT2D eigenvalue weighted by Gasteiger charge is -2.19. The number of nitrogens with two attached hydrogens (primary N) is 1. The molecule has 1 aliphatic rings. The van der Waals surface area contributed by atoms with E-state index in [1.54, 1.807) is 0 Å². The number of nitrogens with one attached hydrogen (secondary N) is 1. The molecule has 2 rings (SSSR count). The van der Waals surface area contributed by atoms with Crippen LogP contribution in [0.15, 0.2) is 24.3 Å². The second-order valence-electron chi connectivity index (χ2n) is 4.79. The van der Waals surface area contributed by atoms with Crippen molar-refractivity contribution in [2.75, 3.05) is 7.05 Å². The number of hydrogen-bond acceptors (Lipinski definition) is 3. The SMILES string of the molecule is CN(C(=S)CC(=N)c1ccc(CN)cc1)C1CC1. The Morgan fingerprint density at radius 2 is 2.00 bits per heavy atom. The van der Waals surface area contributed by atoms with Gasteiger partial charge in [0.1, 0.15) is 0 Å². The highest BCUT2D eigenvalue weighted by molar-refractivity contribution is 7.80. The fourth-order valence-electron chi connectivity index (χ4n) is 1.89. The zero-order chi connectivity index (χ0) is 13.1. The molecule has 1 aliphatic carbocycles. The Balaban J connectivity index is 1.95. The molecule has 1 fully saturated rings. The molecule has 0 spiro atoms. The van der Waals surface area contributed by atoms with E-state index >= 15 is 0 Å². The average Bonchev–Trinajstić information content (AvgIpc) is 3.22. The summed E-state index contributed by atoms with van der Waals surface area (Å²) in [5.41, 5.74) is 8.15. The molecular weight excluding hydrogens is 242 g/mol. The van der Waals surface area contributed by atoms with Crippen LogP contribution in [0.1, 0.15) is 30.4 Å². The quantitative estimate of drug-likeness (QED) is 0.632. The standard InChI is InChI=1S/C14H19N3S/c1-17(12-6-7-12)14(18)8-13(16)11-4-2-10(9-15)3-5-11/h2-5,12,16H,6-9,15H2,1H3. The molecule has 0 saturated heterocycles. The summed E-state index contributed by atoms with van der Waals surface area (Å²) in [6.07, 6.45) is 3.01. The van der Waals surface area contributed by atoms with Crippen LogP contribution >= 0.6 is 12.2 Å². The number of nitrogens with zero attached hydrogens (tertiary/aromatic N) is 1. The van der Waals surface area contributed by atoms with Gasteiger partial charge >= 0.3 is 0 Å². The fraction of sp³-hybridized carbons (Fsp3) is 0.429. The monoisotopic (exact) mass is 261 g/mol. The molecule has 96 valence electrons. The third kappa shape index (κ3) is 3.15. The molecule has 0 atom stereocenters. The van der Waals surface area contributed by atoms with Crippen molar-refractivity contribution in [1.82, 2.24) is 4.90 Å². The molecule has 3 nitrogen and oxygen atoms in total. The minimum atomic E-state index is 0.538. The summed E-state index contributed by atoms with van der Waals surface area (Å²) < 4.78 is 0. The van der Waals surface area contributed by atoms with Gasteiger partial charge in [0.15, 0.2) is 0 Å². The third-order valence-corrected chi connectivity index (χ3v) is 3.79. The van der Waals surface area contributed by atoms with Gasteiger partial charge in [-0.15, -0.1) is 0 Å². The Labute approximate surface area is 113 Å². The van der Waals surface area contributed by atoms with Crippen molar-refractivity contribution >= 4 is 22.9 Å². The van der Waals surface area contributed by atoms with Crippen LogP contribution in [-0.2, 0) is 6.54 Å². The highest BCUT2D eigenvalue weighted by Gasteiger charge is 2.27. The van der Waals surface area contributed by atoms with Crippen LogP contribution in [0.3, 0.4) is 0 Å². The van der Waals surface area contributed by atoms with Crippen LogP contribution in [-0.4, -0.2) is 28.7 Å². The Kier molecular flexibility index (Phi) is 4.09. The van der Waals surface area contributed by atoms with Gasteiger partial charge in [0, 0.05) is 31.8 Å². The van der Waals surface area contributed by atoms with Gasteiger partial charge in [0.05, 0.1) is 4.99 Å². The minimum Gasteiger partial charge on any atom is -0.366 e. The zero-order valence-corrected chi connectivity index (χ0v) is 11.5. The van der Waals surface area contributed by atoms with Crippen molar-refractivity contribution in [3.63, 3.8) is 0 Å². The Hall–Kier alpha value is -1.26. The molecule has 1 aromatic carbocycles. The molecule has 1 aromatic rings. The largest absolute Gasteiger partial charge is 0.366 e. The molecule has 0 aromatic heterocycles. The molecule has 18 heavy (non-hydrogen) atoms. The van der Waals surface area contributed by atoms with Crippen molar-refractivity contribution in [3.8, 4) is 0 Å². The second-order valence-corrected chi connectivity index (χ2v) is 5.26. The zero-order valence-electron chi connectivity index (χ0n) is 10.6. The van der Waals surface area contributed by atoms with Gasteiger partial charge < -0.3 is 16.0 Å². The van der Waals surface area contributed by atoms with E-state index in [1.807, 2.05) is 31.3 Å². The van der Waals surface area contributed by atoms with E-state index in [-0.39, 0.29) is 0 Å². The Morgan fingerprint density at radius 3 is 2.50 bits per heavy atom. The smallest absolute Gasteiger partial charge is 0.0839 e. The van der Waals surface area contributed by atoms with Crippen LogP contribution in [0.2, 0.25) is 0 Å². The van der Waals surface area contributed by atoms with Crippen molar-refractivity contribution in [2.45, 2.75) is 31.8 Å². The summed E-state index contributed by atoms with van der Waals surface area (Å²) in [4.78, 5) is 3.00. The van der Waals surface area contributed by atoms with Gasteiger partial charge in [-0.25, -0.2) is 0 Å². The summed E-state index contributed by atoms with van der Waals surface area (Å²) in [5.74, 6) is 0. The number of hydrogen-bond donors (Lipinski definition) is 2. The van der Waals surface area contributed by atoms with Gasteiger partial charge in [-0.05, 0) is 24.0 Å². The molecule has 0 heterocycles. The topological polar surface area (TPSA) is 53.1 Å². The summed E-state index contributed by atoms with van der Waals surface area (Å²) in [6.45, 7) is 0.538. The lowest BCUT2D eigenvalue weighted by Crippen LogP contribution is -2.29. The normalized spacial score (nSPS) is 14.3. The van der Waals surface area contributed by atoms with E-state index in [0.29, 0.717) is 24.7 Å². The summed E-state index contributed by atoms with van der Waals surface area (Å²) in [6, 6.07) is 8.45. The van der Waals surface area contributed by atoms with Gasteiger partial charge in [-0.3, -0.25) is 0 Å². The first-order valence-electron chi connectivity index (χ1n) is 6.24. The van der Waals surface area contributed by atoms with Crippen molar-refractivity contribution in [3.05, 3.63) is 35.4 Å². The maximum absolute atomic E-state index is 8.10. The van der Waals surface area contributed by atoms with E-state index in [4.69, 9.17) is 23.4 Å². The van der Waals surface area contributed by atoms with E-state index < -0.39 is 0 Å². The Bertz CT molecular complexity index is 449. The van der Waals surface area contributed by atoms with Crippen molar-refractivity contribution in [1.29, 1.82) is 5.41 Å². The molecule has 0 radical (unpaired) electrons. The van der Waals surface area contributed by atoms with E-state index in [2.05, 4.69) is 4.90 Å². The maximum Gasteiger partial charge on any atom is 0.0839 e. The van der Waals surface area contributed by atoms with Crippen LogP contribution in [0.5, 0.6) is 0 Å². The van der Waals surface area contributed by atoms with Crippen molar-refractivity contribution < 1.29 is 0 Å². The van der Waals surface area contributed by atoms with Crippen LogP contribution in [0.25, 0.3) is 0 Å². The van der Waals surface area contributed by atoms with E-state index in [0.717, 1.165) is 16.1 Å². The number of rotatable bonds is 5. The second kappa shape index (κ2) is 5.59. The van der Waals surface area contributed by atoms with Gasteiger partial charge in [0.2, 0.25) is 0 Å². The first-order valence-corrected chi connectivity index (χ1v) is 6.65. The lowest BCUT2D eigenvalue weighted by molar-refractivity contribution is 0.499. The molecule has 0 bridgehead atoms. The van der Waals surface area contributed by atoms with Crippen LogP contribution in [0.4, 0.5) is 0 Å². The third-order valence-electron chi connectivity index (χ3n) is 3.35. The summed E-state index contributed by atoms with van der Waals surface area (Å²) >= 11 is 5.38. The summed E-state index contributed by atoms with van der Waals surface area (Å²) in [7, 11) is 2.03. The van der Waals surface area contributed by atoms with Gasteiger partial charge in [0.25, 0.3) is 0 Å². The molecule has 3 N–H and O–H groups in total. The first kappa shape index (κ1) is 13.2. The van der Waals surface area contributed by atoms with Crippen LogP contribution in [0, 0.1) is 5.41 Å².